The molecule has 1 aromatic heterocycles. The Bertz CT molecular complexity index is 1230. The molecule has 3 aromatic rings. The van der Waals surface area contributed by atoms with Crippen molar-refractivity contribution in [3.63, 3.8) is 0 Å². The molecule has 0 saturated heterocycles. The number of nitro benzene ring substituents is 1. The summed E-state index contributed by atoms with van der Waals surface area (Å²) < 4.78 is 15.2. The van der Waals surface area contributed by atoms with Gasteiger partial charge in [-0.25, -0.2) is 14.1 Å². The maximum Gasteiger partial charge on any atom is 0.269 e. The third kappa shape index (κ3) is 5.45. The minimum absolute atomic E-state index is 0.0450. The summed E-state index contributed by atoms with van der Waals surface area (Å²) in [5, 5.41) is 18.0. The number of hydrogen-bond acceptors (Lipinski definition) is 5. The Balaban J connectivity index is 1.74. The average Bonchev–Trinajstić information content (AvgIpc) is 3.17. The zero-order valence-electron chi connectivity index (χ0n) is 19.0. The smallest absolute Gasteiger partial charge is 0.258 e. The molecular formula is C25H27FN4O2S. The molecule has 172 valence electrons. The van der Waals surface area contributed by atoms with Crippen LogP contribution >= 0.6 is 11.3 Å². The Morgan fingerprint density at radius 3 is 2.27 bits per heavy atom. The summed E-state index contributed by atoms with van der Waals surface area (Å²) >= 11 is 1.44. The predicted octanol–water partition coefficient (Wildman–Crippen LogP) is 6.94. The molecule has 1 aliphatic rings. The maximum absolute atomic E-state index is 13.3. The quantitative estimate of drug-likeness (QED) is 0.309. The highest BCUT2D eigenvalue weighted by Gasteiger charge is 2.28. The highest BCUT2D eigenvalue weighted by molar-refractivity contribution is 7.07. The molecule has 0 unspecified atom stereocenters. The first-order valence-corrected chi connectivity index (χ1v) is 11.9. The first kappa shape index (κ1) is 23.0. The number of halogens is 1. The summed E-state index contributed by atoms with van der Waals surface area (Å²) in [4.78, 5) is 16.0. The SMILES string of the molecule is CC(C)(C)C1CCC(=Nn2c(-c3ccc([N+](=O)[O-])cc3)csc2=Nc2ccc(F)cc2)CC1. The van der Waals surface area contributed by atoms with E-state index in [9.17, 15) is 14.5 Å². The number of benzene rings is 2. The molecule has 4 rings (SSSR count). The summed E-state index contributed by atoms with van der Waals surface area (Å²) in [6, 6.07) is 12.5. The van der Waals surface area contributed by atoms with Crippen molar-refractivity contribution in [2.75, 3.05) is 0 Å². The lowest BCUT2D eigenvalue weighted by Crippen LogP contribution is -2.26. The first-order valence-electron chi connectivity index (χ1n) is 11.0. The van der Waals surface area contributed by atoms with Crippen molar-refractivity contribution in [1.82, 2.24) is 4.68 Å². The Morgan fingerprint density at radius 2 is 1.70 bits per heavy atom. The fraction of sp³-hybridized carbons (Fsp3) is 0.360. The van der Waals surface area contributed by atoms with Gasteiger partial charge in [0.1, 0.15) is 5.82 Å². The zero-order chi connectivity index (χ0) is 23.6. The largest absolute Gasteiger partial charge is 0.269 e. The molecule has 8 heteroatoms. The van der Waals surface area contributed by atoms with E-state index in [2.05, 4.69) is 20.8 Å². The Hall–Kier alpha value is -3.13. The van der Waals surface area contributed by atoms with Crippen molar-refractivity contribution >= 4 is 28.4 Å². The lowest BCUT2D eigenvalue weighted by Gasteiger charge is -2.34. The van der Waals surface area contributed by atoms with Gasteiger partial charge in [0.25, 0.3) is 5.69 Å². The second-order valence-electron chi connectivity index (χ2n) is 9.41. The minimum Gasteiger partial charge on any atom is -0.258 e. The van der Waals surface area contributed by atoms with Crippen molar-refractivity contribution in [3.05, 3.63) is 74.6 Å². The van der Waals surface area contributed by atoms with E-state index in [1.807, 2.05) is 10.1 Å². The number of aromatic nitrogens is 1. The summed E-state index contributed by atoms with van der Waals surface area (Å²) in [5.41, 5.74) is 3.74. The number of hydrogen-bond donors (Lipinski definition) is 0. The van der Waals surface area contributed by atoms with Crippen molar-refractivity contribution in [1.29, 1.82) is 0 Å². The third-order valence-electron chi connectivity index (χ3n) is 6.14. The maximum atomic E-state index is 13.3. The predicted molar refractivity (Wildman–Crippen MR) is 130 cm³/mol. The third-order valence-corrected chi connectivity index (χ3v) is 6.96. The van der Waals surface area contributed by atoms with Crippen LogP contribution in [0.15, 0.2) is 64.0 Å². The second kappa shape index (κ2) is 9.39. The van der Waals surface area contributed by atoms with Gasteiger partial charge in [0, 0.05) is 28.8 Å². The zero-order valence-corrected chi connectivity index (χ0v) is 19.8. The van der Waals surface area contributed by atoms with Gasteiger partial charge >= 0.3 is 0 Å². The number of rotatable bonds is 4. The molecule has 0 atom stereocenters. The molecular weight excluding hydrogens is 439 g/mol. The average molecular weight is 467 g/mol. The van der Waals surface area contributed by atoms with Crippen LogP contribution in [0.25, 0.3) is 11.3 Å². The van der Waals surface area contributed by atoms with E-state index in [0.29, 0.717) is 16.4 Å². The molecule has 0 bridgehead atoms. The molecule has 33 heavy (non-hydrogen) atoms. The number of non-ortho nitro benzene ring substituents is 1. The van der Waals surface area contributed by atoms with Gasteiger partial charge in [-0.2, -0.15) is 5.10 Å². The fourth-order valence-electron chi connectivity index (χ4n) is 4.11. The Labute approximate surface area is 196 Å². The van der Waals surface area contributed by atoms with E-state index in [0.717, 1.165) is 42.7 Å². The number of thiazole rings is 1. The van der Waals surface area contributed by atoms with Crippen LogP contribution in [0.2, 0.25) is 0 Å². The van der Waals surface area contributed by atoms with Gasteiger partial charge in [-0.15, -0.1) is 11.3 Å². The lowest BCUT2D eigenvalue weighted by atomic mass is 9.72. The molecule has 6 nitrogen and oxygen atoms in total. The number of nitro groups is 1. The van der Waals surface area contributed by atoms with Crippen LogP contribution in [-0.4, -0.2) is 15.3 Å². The van der Waals surface area contributed by atoms with Crippen LogP contribution in [0.5, 0.6) is 0 Å². The van der Waals surface area contributed by atoms with E-state index < -0.39 is 4.92 Å². The van der Waals surface area contributed by atoms with Gasteiger partial charge in [-0.3, -0.25) is 10.1 Å². The monoisotopic (exact) mass is 466 g/mol. The van der Waals surface area contributed by atoms with Gasteiger partial charge in [0.15, 0.2) is 0 Å². The molecule has 0 radical (unpaired) electrons. The van der Waals surface area contributed by atoms with E-state index in [1.54, 1.807) is 24.3 Å². The molecule has 0 spiro atoms. The molecule has 0 amide bonds. The molecule has 1 aliphatic carbocycles. The summed E-state index contributed by atoms with van der Waals surface area (Å²) in [6.45, 7) is 6.87. The highest BCUT2D eigenvalue weighted by Crippen LogP contribution is 2.37. The topological polar surface area (TPSA) is 72.8 Å². The van der Waals surface area contributed by atoms with E-state index in [4.69, 9.17) is 10.1 Å². The molecule has 1 fully saturated rings. The Kier molecular flexibility index (Phi) is 6.56. The normalized spacial score (nSPS) is 17.3. The van der Waals surface area contributed by atoms with Crippen LogP contribution in [0.3, 0.4) is 0 Å². The molecule has 2 aromatic carbocycles. The van der Waals surface area contributed by atoms with Gasteiger partial charge in [0.2, 0.25) is 4.80 Å². The lowest BCUT2D eigenvalue weighted by molar-refractivity contribution is -0.384. The van der Waals surface area contributed by atoms with Crippen molar-refractivity contribution in [2.24, 2.45) is 21.4 Å². The van der Waals surface area contributed by atoms with Gasteiger partial charge in [-0.1, -0.05) is 20.8 Å². The Morgan fingerprint density at radius 1 is 1.06 bits per heavy atom. The van der Waals surface area contributed by atoms with Crippen molar-refractivity contribution in [2.45, 2.75) is 46.5 Å². The van der Waals surface area contributed by atoms with E-state index >= 15 is 0 Å². The minimum atomic E-state index is -0.408. The van der Waals surface area contributed by atoms with E-state index in [1.165, 1.54) is 35.6 Å². The van der Waals surface area contributed by atoms with Gasteiger partial charge in [0.05, 0.1) is 16.3 Å². The van der Waals surface area contributed by atoms with Gasteiger partial charge in [-0.05, 0) is 73.4 Å². The van der Waals surface area contributed by atoms with E-state index in [-0.39, 0.29) is 16.9 Å². The second-order valence-corrected chi connectivity index (χ2v) is 10.3. The van der Waals surface area contributed by atoms with Crippen molar-refractivity contribution in [3.8, 4) is 11.3 Å². The highest BCUT2D eigenvalue weighted by atomic mass is 32.1. The van der Waals surface area contributed by atoms with Crippen LogP contribution in [-0.2, 0) is 0 Å². The van der Waals surface area contributed by atoms with Crippen molar-refractivity contribution < 1.29 is 9.31 Å². The van der Waals surface area contributed by atoms with Crippen LogP contribution < -0.4 is 4.80 Å². The van der Waals surface area contributed by atoms with Gasteiger partial charge < -0.3 is 0 Å². The summed E-state index contributed by atoms with van der Waals surface area (Å²) in [5.74, 6) is 0.358. The molecule has 0 N–H and O–H groups in total. The molecule has 0 aliphatic heterocycles. The number of nitrogens with zero attached hydrogens (tertiary/aromatic N) is 4. The first-order chi connectivity index (χ1) is 15.7. The van der Waals surface area contributed by atoms with Crippen LogP contribution in [0, 0.1) is 27.3 Å². The molecule has 1 saturated carbocycles. The molecule has 1 heterocycles. The summed E-state index contributed by atoms with van der Waals surface area (Å²) in [6.07, 6.45) is 4.07. The summed E-state index contributed by atoms with van der Waals surface area (Å²) in [7, 11) is 0. The fourth-order valence-corrected chi connectivity index (χ4v) is 4.96. The van der Waals surface area contributed by atoms with Crippen LogP contribution in [0.1, 0.15) is 46.5 Å². The standard InChI is InChI=1S/C25H27FN4O2S/c1-25(2,3)18-6-10-21(11-7-18)28-29-23(17-4-14-22(15-5-17)30(31)32)16-33-24(29)27-20-12-8-19(26)9-13-20/h4-5,8-9,12-16,18H,6-7,10-11H2,1-3H3. The van der Waals surface area contributed by atoms with Crippen LogP contribution in [0.4, 0.5) is 15.8 Å².